The Morgan fingerprint density at radius 3 is 2.40 bits per heavy atom. The van der Waals surface area contributed by atoms with Crippen LogP contribution in [0.2, 0.25) is 0 Å². The highest BCUT2D eigenvalue weighted by atomic mass is 19.4. The molecular formula is C24H28F4N4O3. The minimum absolute atomic E-state index is 0.0520. The average Bonchev–Trinajstić information content (AvgIpc) is 3.20. The summed E-state index contributed by atoms with van der Waals surface area (Å²) < 4.78 is 59.2. The summed E-state index contributed by atoms with van der Waals surface area (Å²) in [6.45, 7) is 6.44. The zero-order valence-electron chi connectivity index (χ0n) is 19.8. The molecule has 35 heavy (non-hydrogen) atoms. The number of halogens is 4. The Hall–Kier alpha value is -3.11. The van der Waals surface area contributed by atoms with E-state index >= 15 is 0 Å². The van der Waals surface area contributed by atoms with E-state index in [1.165, 1.54) is 11.0 Å². The molecule has 1 aromatic carbocycles. The second-order valence-corrected chi connectivity index (χ2v) is 9.98. The summed E-state index contributed by atoms with van der Waals surface area (Å²) in [6, 6.07) is 2.75. The van der Waals surface area contributed by atoms with Gasteiger partial charge in [0.15, 0.2) is 5.69 Å². The molecule has 2 aromatic rings. The molecule has 2 aliphatic rings. The van der Waals surface area contributed by atoms with Crippen LogP contribution in [-0.2, 0) is 23.9 Å². The summed E-state index contributed by atoms with van der Waals surface area (Å²) in [4.78, 5) is 28.8. The van der Waals surface area contributed by atoms with Crippen molar-refractivity contribution < 1.29 is 31.9 Å². The first-order chi connectivity index (χ1) is 16.3. The number of carbonyl (C=O) groups is 2. The molecular weight excluding hydrogens is 468 g/mol. The normalized spacial score (nSPS) is 17.3. The smallest absolute Gasteiger partial charge is 0.416 e. The van der Waals surface area contributed by atoms with Gasteiger partial charge in [0.25, 0.3) is 5.91 Å². The predicted molar refractivity (Wildman–Crippen MR) is 118 cm³/mol. The molecule has 0 unspecified atom stereocenters. The van der Waals surface area contributed by atoms with E-state index in [1.807, 2.05) is 0 Å². The molecule has 2 aliphatic heterocycles. The Morgan fingerprint density at radius 2 is 1.77 bits per heavy atom. The summed E-state index contributed by atoms with van der Waals surface area (Å²) in [5.41, 5.74) is 0.0653. The number of piperidine rings is 1. The number of nitrogens with one attached hydrogen (secondary N) is 1. The molecule has 1 aromatic heterocycles. The monoisotopic (exact) mass is 496 g/mol. The minimum Gasteiger partial charge on any atom is -0.444 e. The number of rotatable bonds is 2. The van der Waals surface area contributed by atoms with Gasteiger partial charge in [-0.25, -0.2) is 9.18 Å². The number of ether oxygens (including phenoxy) is 1. The number of carbonyl (C=O) groups excluding carboxylic acids is 2. The van der Waals surface area contributed by atoms with Crippen molar-refractivity contribution in [1.82, 2.24) is 20.0 Å². The SMILES string of the molecule is CC(C)(C)OC(=O)N1CCc2[nH]nc(C(=O)N3CCC(c4ccc(F)cc4C(F)(F)F)CC3)c2C1. The van der Waals surface area contributed by atoms with E-state index in [0.717, 1.165) is 11.8 Å². The van der Waals surface area contributed by atoms with Crippen molar-refractivity contribution in [2.24, 2.45) is 0 Å². The summed E-state index contributed by atoms with van der Waals surface area (Å²) in [6.07, 6.45) is -3.99. The van der Waals surface area contributed by atoms with E-state index in [2.05, 4.69) is 10.2 Å². The fourth-order valence-electron chi connectivity index (χ4n) is 4.63. The lowest BCUT2D eigenvalue weighted by molar-refractivity contribution is -0.138. The molecule has 0 atom stereocenters. The third-order valence-corrected chi connectivity index (χ3v) is 6.33. The predicted octanol–water partition coefficient (Wildman–Crippen LogP) is 4.88. The van der Waals surface area contributed by atoms with Crippen LogP contribution in [0.15, 0.2) is 18.2 Å². The standard InChI is InChI=1S/C24H28F4N4O3/c1-23(2,3)35-22(34)32-11-8-19-17(13-32)20(30-29-19)21(33)31-9-6-14(7-10-31)16-5-4-15(25)12-18(16)24(26,27)28/h4-5,12,14H,6-11,13H2,1-3H3,(H,29,30). The van der Waals surface area contributed by atoms with Crippen LogP contribution in [0.25, 0.3) is 0 Å². The topological polar surface area (TPSA) is 78.5 Å². The Balaban J connectivity index is 1.45. The van der Waals surface area contributed by atoms with E-state index in [0.29, 0.717) is 37.4 Å². The highest BCUT2D eigenvalue weighted by Crippen LogP contribution is 2.39. The number of aromatic amines is 1. The first-order valence-electron chi connectivity index (χ1n) is 11.5. The molecule has 1 N–H and O–H groups in total. The van der Waals surface area contributed by atoms with Gasteiger partial charge in [-0.15, -0.1) is 0 Å². The van der Waals surface area contributed by atoms with E-state index < -0.39 is 35.2 Å². The molecule has 0 radical (unpaired) electrons. The lowest BCUT2D eigenvalue weighted by Gasteiger charge is -2.33. The maximum Gasteiger partial charge on any atom is 0.416 e. The maximum absolute atomic E-state index is 13.5. The molecule has 0 aliphatic carbocycles. The third-order valence-electron chi connectivity index (χ3n) is 6.33. The zero-order valence-corrected chi connectivity index (χ0v) is 19.8. The van der Waals surface area contributed by atoms with Gasteiger partial charge in [0.2, 0.25) is 0 Å². The second kappa shape index (κ2) is 9.16. The fraction of sp³-hybridized carbons (Fsp3) is 0.542. The average molecular weight is 497 g/mol. The van der Waals surface area contributed by atoms with Crippen molar-refractivity contribution in [3.05, 3.63) is 52.1 Å². The molecule has 3 heterocycles. The Labute approximate surface area is 200 Å². The highest BCUT2D eigenvalue weighted by molar-refractivity contribution is 5.94. The van der Waals surface area contributed by atoms with Gasteiger partial charge in [0, 0.05) is 37.3 Å². The number of nitrogens with zero attached hydrogens (tertiary/aromatic N) is 3. The van der Waals surface area contributed by atoms with Crippen molar-refractivity contribution in [3.63, 3.8) is 0 Å². The van der Waals surface area contributed by atoms with E-state index in [9.17, 15) is 27.2 Å². The van der Waals surface area contributed by atoms with Gasteiger partial charge in [0.1, 0.15) is 11.4 Å². The van der Waals surface area contributed by atoms with Crippen LogP contribution in [0.1, 0.15) is 72.4 Å². The quantitative estimate of drug-likeness (QED) is 0.601. The first-order valence-corrected chi connectivity index (χ1v) is 11.5. The van der Waals surface area contributed by atoms with Gasteiger partial charge in [-0.3, -0.25) is 9.89 Å². The third kappa shape index (κ3) is 5.43. The first kappa shape index (κ1) is 25.0. The van der Waals surface area contributed by atoms with E-state index in [1.54, 1.807) is 25.7 Å². The number of aromatic nitrogens is 2. The molecule has 1 saturated heterocycles. The van der Waals surface area contributed by atoms with Gasteiger partial charge < -0.3 is 14.5 Å². The maximum atomic E-state index is 13.5. The molecule has 2 amide bonds. The van der Waals surface area contributed by atoms with Crippen molar-refractivity contribution in [3.8, 4) is 0 Å². The molecule has 190 valence electrons. The van der Waals surface area contributed by atoms with Gasteiger partial charge in [-0.05, 0) is 57.2 Å². The zero-order chi connectivity index (χ0) is 25.5. The minimum atomic E-state index is -4.65. The number of H-pyrrole nitrogens is 1. The van der Waals surface area contributed by atoms with Crippen LogP contribution in [0.5, 0.6) is 0 Å². The van der Waals surface area contributed by atoms with Crippen LogP contribution >= 0.6 is 0 Å². The van der Waals surface area contributed by atoms with Crippen LogP contribution in [0, 0.1) is 5.82 Å². The van der Waals surface area contributed by atoms with Crippen LogP contribution in [-0.4, -0.2) is 57.2 Å². The van der Waals surface area contributed by atoms with Gasteiger partial charge in [-0.1, -0.05) is 6.07 Å². The fourth-order valence-corrected chi connectivity index (χ4v) is 4.63. The van der Waals surface area contributed by atoms with Crippen molar-refractivity contribution >= 4 is 12.0 Å². The second-order valence-electron chi connectivity index (χ2n) is 9.98. The number of amides is 2. The van der Waals surface area contributed by atoms with E-state index in [-0.39, 0.29) is 36.8 Å². The van der Waals surface area contributed by atoms with Crippen molar-refractivity contribution in [2.45, 2.75) is 64.3 Å². The lowest BCUT2D eigenvalue weighted by atomic mass is 9.86. The number of fused-ring (bicyclic) bond motifs is 1. The summed E-state index contributed by atoms with van der Waals surface area (Å²) in [5, 5.41) is 7.07. The Kier molecular flexibility index (Phi) is 6.54. The number of hydrogen-bond acceptors (Lipinski definition) is 4. The number of alkyl halides is 3. The molecule has 11 heteroatoms. The highest BCUT2D eigenvalue weighted by Gasteiger charge is 2.38. The molecule has 1 fully saturated rings. The Morgan fingerprint density at radius 1 is 1.09 bits per heavy atom. The molecule has 0 saturated carbocycles. The van der Waals surface area contributed by atoms with Gasteiger partial charge in [-0.2, -0.15) is 18.3 Å². The van der Waals surface area contributed by atoms with Gasteiger partial charge >= 0.3 is 12.3 Å². The number of benzene rings is 1. The van der Waals surface area contributed by atoms with E-state index in [4.69, 9.17) is 4.74 Å². The van der Waals surface area contributed by atoms with Gasteiger partial charge in [0.05, 0.1) is 12.1 Å². The summed E-state index contributed by atoms with van der Waals surface area (Å²) >= 11 is 0. The molecule has 7 nitrogen and oxygen atoms in total. The molecule has 4 rings (SSSR count). The van der Waals surface area contributed by atoms with Crippen LogP contribution in [0.4, 0.5) is 22.4 Å². The number of likely N-dealkylation sites (tertiary alicyclic amines) is 1. The lowest BCUT2D eigenvalue weighted by Crippen LogP contribution is -2.41. The molecule has 0 spiro atoms. The Bertz CT molecular complexity index is 1110. The summed E-state index contributed by atoms with van der Waals surface area (Å²) in [5.74, 6) is -1.70. The van der Waals surface area contributed by atoms with Crippen molar-refractivity contribution in [2.75, 3.05) is 19.6 Å². The van der Waals surface area contributed by atoms with Crippen molar-refractivity contribution in [1.29, 1.82) is 0 Å². The number of hydrogen-bond donors (Lipinski definition) is 1. The molecule has 0 bridgehead atoms. The van der Waals surface area contributed by atoms with Crippen LogP contribution < -0.4 is 0 Å². The largest absolute Gasteiger partial charge is 0.444 e. The summed E-state index contributed by atoms with van der Waals surface area (Å²) in [7, 11) is 0. The van der Waals surface area contributed by atoms with Crippen LogP contribution in [0.3, 0.4) is 0 Å².